The van der Waals surface area contributed by atoms with Crippen molar-refractivity contribution in [2.75, 3.05) is 11.9 Å². The first-order valence-electron chi connectivity index (χ1n) is 8.60. The smallest absolute Gasteiger partial charge is 0.323 e. The van der Waals surface area contributed by atoms with E-state index in [-0.39, 0.29) is 12.0 Å². The lowest BCUT2D eigenvalue weighted by Gasteiger charge is -2.25. The van der Waals surface area contributed by atoms with Gasteiger partial charge in [0.15, 0.2) is 0 Å². The Bertz CT molecular complexity index is 984. The van der Waals surface area contributed by atoms with E-state index in [1.807, 2.05) is 6.07 Å². The van der Waals surface area contributed by atoms with Crippen molar-refractivity contribution in [3.8, 4) is 6.07 Å². The minimum Gasteiger partial charge on any atom is -0.323 e. The van der Waals surface area contributed by atoms with E-state index in [1.54, 1.807) is 31.2 Å². The molecular weight excluding hydrogens is 363 g/mol. The Balaban J connectivity index is 1.80. The molecule has 0 aliphatic carbocycles. The summed E-state index contributed by atoms with van der Waals surface area (Å²) in [5, 5.41) is 14.3. The van der Waals surface area contributed by atoms with Crippen LogP contribution in [0, 0.1) is 17.1 Å². The van der Waals surface area contributed by atoms with E-state index < -0.39 is 35.7 Å². The number of nitriles is 1. The maximum absolute atomic E-state index is 13.2. The highest BCUT2D eigenvalue weighted by atomic mass is 19.1. The molecule has 2 N–H and O–H groups in total. The lowest BCUT2D eigenvalue weighted by Crippen LogP contribution is -2.44. The summed E-state index contributed by atoms with van der Waals surface area (Å²) in [7, 11) is 0. The van der Waals surface area contributed by atoms with Crippen molar-refractivity contribution in [3.63, 3.8) is 0 Å². The molecule has 28 heavy (non-hydrogen) atoms. The standard InChI is InChI=1S/C20H17FN4O3/c1-2-20(14-7-9-15(21)10-8-14)18(27)25(19(28)24-20)12-17(26)23-16-6-4-3-5-13(16)11-22/h3-10H,2,12H2,1H3,(H,23,26)(H,24,28)/t20-/m1/s1. The Morgan fingerprint density at radius 3 is 2.54 bits per heavy atom. The molecule has 3 rings (SSSR count). The summed E-state index contributed by atoms with van der Waals surface area (Å²) in [4.78, 5) is 38.6. The van der Waals surface area contributed by atoms with Crippen molar-refractivity contribution < 1.29 is 18.8 Å². The molecule has 1 aliphatic rings. The van der Waals surface area contributed by atoms with Crippen molar-refractivity contribution in [3.05, 3.63) is 65.5 Å². The van der Waals surface area contributed by atoms with Gasteiger partial charge in [0, 0.05) is 0 Å². The largest absolute Gasteiger partial charge is 0.325 e. The van der Waals surface area contributed by atoms with Crippen LogP contribution in [0.15, 0.2) is 48.5 Å². The second-order valence-corrected chi connectivity index (χ2v) is 6.29. The highest BCUT2D eigenvalue weighted by Crippen LogP contribution is 2.32. The lowest BCUT2D eigenvalue weighted by molar-refractivity contribution is -0.134. The molecule has 1 aliphatic heterocycles. The number of para-hydroxylation sites is 1. The van der Waals surface area contributed by atoms with Crippen LogP contribution in [-0.2, 0) is 15.1 Å². The van der Waals surface area contributed by atoms with Crippen LogP contribution >= 0.6 is 0 Å². The number of nitrogens with one attached hydrogen (secondary N) is 2. The van der Waals surface area contributed by atoms with Crippen LogP contribution in [-0.4, -0.2) is 29.3 Å². The molecule has 0 aromatic heterocycles. The molecule has 0 spiro atoms. The van der Waals surface area contributed by atoms with Gasteiger partial charge in [-0.25, -0.2) is 9.18 Å². The molecule has 1 heterocycles. The van der Waals surface area contributed by atoms with Crippen LogP contribution in [0.3, 0.4) is 0 Å². The third-order valence-corrected chi connectivity index (χ3v) is 4.67. The summed E-state index contributed by atoms with van der Waals surface area (Å²) in [6.45, 7) is 1.21. The van der Waals surface area contributed by atoms with Gasteiger partial charge in [-0.2, -0.15) is 5.26 Å². The average Bonchev–Trinajstić information content (AvgIpc) is 2.94. The minimum atomic E-state index is -1.35. The van der Waals surface area contributed by atoms with Crippen molar-refractivity contribution in [2.24, 2.45) is 0 Å². The second kappa shape index (κ2) is 7.48. The summed E-state index contributed by atoms with van der Waals surface area (Å²) in [6.07, 6.45) is 0.235. The number of rotatable bonds is 5. The highest BCUT2D eigenvalue weighted by molar-refractivity contribution is 6.10. The van der Waals surface area contributed by atoms with Gasteiger partial charge in [0.2, 0.25) is 5.91 Å². The SMILES string of the molecule is CC[C@]1(c2ccc(F)cc2)NC(=O)N(CC(=O)Nc2ccccc2C#N)C1=O. The number of anilines is 1. The first kappa shape index (κ1) is 19.0. The maximum Gasteiger partial charge on any atom is 0.325 e. The third-order valence-electron chi connectivity index (χ3n) is 4.67. The van der Waals surface area contributed by atoms with Gasteiger partial charge in [0.05, 0.1) is 11.3 Å². The van der Waals surface area contributed by atoms with E-state index in [2.05, 4.69) is 10.6 Å². The lowest BCUT2D eigenvalue weighted by atomic mass is 9.87. The Morgan fingerprint density at radius 2 is 1.89 bits per heavy atom. The fourth-order valence-electron chi connectivity index (χ4n) is 3.17. The molecule has 1 fully saturated rings. The molecule has 142 valence electrons. The van der Waals surface area contributed by atoms with Crippen molar-refractivity contribution >= 4 is 23.5 Å². The first-order valence-corrected chi connectivity index (χ1v) is 8.60. The number of imide groups is 1. The number of amides is 4. The number of benzene rings is 2. The summed E-state index contributed by atoms with van der Waals surface area (Å²) in [5.41, 5.74) is -0.354. The molecule has 0 radical (unpaired) electrons. The minimum absolute atomic E-state index is 0.235. The molecule has 2 aromatic rings. The Labute approximate surface area is 160 Å². The van der Waals surface area contributed by atoms with Gasteiger partial charge >= 0.3 is 6.03 Å². The summed E-state index contributed by atoms with van der Waals surface area (Å²) < 4.78 is 13.2. The number of nitrogens with zero attached hydrogens (tertiary/aromatic N) is 2. The van der Waals surface area contributed by atoms with Crippen LogP contribution in [0.4, 0.5) is 14.9 Å². The zero-order valence-electron chi connectivity index (χ0n) is 15.0. The molecule has 0 unspecified atom stereocenters. The Hall–Kier alpha value is -3.73. The van der Waals surface area contributed by atoms with Gasteiger partial charge in [-0.05, 0) is 36.2 Å². The summed E-state index contributed by atoms with van der Waals surface area (Å²) >= 11 is 0. The third kappa shape index (κ3) is 3.30. The van der Waals surface area contributed by atoms with Gasteiger partial charge in [-0.15, -0.1) is 0 Å². The van der Waals surface area contributed by atoms with Crippen LogP contribution in [0.2, 0.25) is 0 Å². The zero-order chi connectivity index (χ0) is 20.3. The molecule has 1 saturated heterocycles. The molecular formula is C20H17FN4O3. The molecule has 2 aromatic carbocycles. The number of carbonyl (C=O) groups excluding carboxylic acids is 3. The van der Waals surface area contributed by atoms with E-state index in [1.165, 1.54) is 24.3 Å². The van der Waals surface area contributed by atoms with Crippen LogP contribution < -0.4 is 10.6 Å². The fourth-order valence-corrected chi connectivity index (χ4v) is 3.17. The Morgan fingerprint density at radius 1 is 1.21 bits per heavy atom. The average molecular weight is 380 g/mol. The maximum atomic E-state index is 13.2. The van der Waals surface area contributed by atoms with E-state index in [9.17, 15) is 18.8 Å². The molecule has 8 heteroatoms. The summed E-state index contributed by atoms with van der Waals surface area (Å²) in [5.74, 6) is -1.66. The number of halogens is 1. The monoisotopic (exact) mass is 380 g/mol. The van der Waals surface area contributed by atoms with Gasteiger partial charge in [0.25, 0.3) is 5.91 Å². The highest BCUT2D eigenvalue weighted by Gasteiger charge is 2.51. The predicted octanol–water partition coefficient (Wildman–Crippen LogP) is 2.49. The van der Waals surface area contributed by atoms with Crippen molar-refractivity contribution in [2.45, 2.75) is 18.9 Å². The number of carbonyl (C=O) groups is 3. The quantitative estimate of drug-likeness (QED) is 0.778. The molecule has 0 saturated carbocycles. The van der Waals surface area contributed by atoms with Gasteiger partial charge in [0.1, 0.15) is 24.0 Å². The molecule has 0 bridgehead atoms. The van der Waals surface area contributed by atoms with Crippen LogP contribution in [0.5, 0.6) is 0 Å². The molecule has 7 nitrogen and oxygen atoms in total. The topological polar surface area (TPSA) is 102 Å². The van der Waals surface area contributed by atoms with E-state index in [0.717, 1.165) is 4.90 Å². The van der Waals surface area contributed by atoms with Crippen molar-refractivity contribution in [1.29, 1.82) is 5.26 Å². The molecule has 4 amide bonds. The van der Waals surface area contributed by atoms with Crippen LogP contribution in [0.25, 0.3) is 0 Å². The summed E-state index contributed by atoms with van der Waals surface area (Å²) in [6, 6.07) is 12.9. The molecule has 1 atom stereocenters. The number of hydrogen-bond donors (Lipinski definition) is 2. The van der Waals surface area contributed by atoms with E-state index in [0.29, 0.717) is 11.3 Å². The van der Waals surface area contributed by atoms with Gasteiger partial charge in [-0.3, -0.25) is 14.5 Å². The van der Waals surface area contributed by atoms with Crippen molar-refractivity contribution in [1.82, 2.24) is 10.2 Å². The Kier molecular flexibility index (Phi) is 5.09. The number of hydrogen-bond acceptors (Lipinski definition) is 4. The fraction of sp³-hybridized carbons (Fsp3) is 0.200. The second-order valence-electron chi connectivity index (χ2n) is 6.29. The predicted molar refractivity (Wildman–Crippen MR) is 98.4 cm³/mol. The number of urea groups is 1. The van der Waals surface area contributed by atoms with E-state index in [4.69, 9.17) is 5.26 Å². The zero-order valence-corrected chi connectivity index (χ0v) is 15.0. The normalized spacial score (nSPS) is 18.5. The van der Waals surface area contributed by atoms with E-state index >= 15 is 0 Å². The van der Waals surface area contributed by atoms with Crippen LogP contribution in [0.1, 0.15) is 24.5 Å². The van der Waals surface area contributed by atoms with Gasteiger partial charge < -0.3 is 10.6 Å². The first-order chi connectivity index (χ1) is 13.4. The van der Waals surface area contributed by atoms with Gasteiger partial charge in [-0.1, -0.05) is 31.2 Å².